The number of aryl methyl sites for hydroxylation is 1. The molecule has 1 N–H and O–H groups in total. The number of rotatable bonds is 6. The van der Waals surface area contributed by atoms with Crippen LogP contribution < -0.4 is 15.5 Å². The van der Waals surface area contributed by atoms with Gasteiger partial charge in [-0.05, 0) is 63.4 Å². The van der Waals surface area contributed by atoms with Crippen LogP contribution in [0.2, 0.25) is 5.02 Å². The number of halogens is 1. The summed E-state index contributed by atoms with van der Waals surface area (Å²) < 4.78 is 16.8. The third-order valence-electron chi connectivity index (χ3n) is 5.53. The van der Waals surface area contributed by atoms with Crippen LogP contribution >= 0.6 is 11.6 Å². The lowest BCUT2D eigenvalue weighted by molar-refractivity contribution is -0.138. The molecule has 7 nitrogen and oxygen atoms in total. The molecule has 0 saturated carbocycles. The molecule has 0 saturated heterocycles. The summed E-state index contributed by atoms with van der Waals surface area (Å²) in [6.45, 7) is 10.7. The zero-order valence-electron chi connectivity index (χ0n) is 20.7. The Hall–Kier alpha value is -3.32. The van der Waals surface area contributed by atoms with Gasteiger partial charge in [-0.2, -0.15) is 0 Å². The van der Waals surface area contributed by atoms with E-state index in [0.717, 1.165) is 0 Å². The fraction of sp³-hybridized carbons (Fsp3) is 0.370. The summed E-state index contributed by atoms with van der Waals surface area (Å²) in [6.07, 6.45) is -0.0657. The minimum atomic E-state index is -0.911. The maximum absolute atomic E-state index is 13.2. The number of hydrogen-bond acceptors (Lipinski definition) is 6. The zero-order chi connectivity index (χ0) is 25.9. The third-order valence-corrected chi connectivity index (χ3v) is 5.78. The van der Waals surface area contributed by atoms with E-state index < -0.39 is 23.7 Å². The molecule has 0 spiro atoms. The van der Waals surface area contributed by atoms with Gasteiger partial charge in [0.1, 0.15) is 28.7 Å². The summed E-state index contributed by atoms with van der Waals surface area (Å²) in [5, 5.41) is 3.53. The Labute approximate surface area is 209 Å². The van der Waals surface area contributed by atoms with Gasteiger partial charge < -0.3 is 19.2 Å². The normalized spacial score (nSPS) is 13.2. The van der Waals surface area contributed by atoms with E-state index in [1.54, 1.807) is 58.0 Å². The number of carbonyl (C=O) groups is 2. The Balaban J connectivity index is 1.88. The van der Waals surface area contributed by atoms with Crippen LogP contribution in [-0.4, -0.2) is 23.7 Å². The number of amides is 1. The molecule has 0 bridgehead atoms. The molecule has 2 aromatic carbocycles. The van der Waals surface area contributed by atoms with Gasteiger partial charge in [0, 0.05) is 11.1 Å². The molecule has 3 rings (SSSR count). The first-order chi connectivity index (χ1) is 16.4. The second-order valence-corrected chi connectivity index (χ2v) is 9.89. The molecule has 0 unspecified atom stereocenters. The van der Waals surface area contributed by atoms with E-state index in [-0.39, 0.29) is 22.7 Å². The quantitative estimate of drug-likeness (QED) is 0.317. The van der Waals surface area contributed by atoms with Gasteiger partial charge in [-0.15, -0.1) is 0 Å². The summed E-state index contributed by atoms with van der Waals surface area (Å²) in [4.78, 5) is 38.4. The van der Waals surface area contributed by atoms with E-state index >= 15 is 0 Å². The Morgan fingerprint density at radius 3 is 2.37 bits per heavy atom. The van der Waals surface area contributed by atoms with Crippen molar-refractivity contribution in [1.29, 1.82) is 0 Å². The highest BCUT2D eigenvalue weighted by atomic mass is 35.5. The Kier molecular flexibility index (Phi) is 7.90. The van der Waals surface area contributed by atoms with Gasteiger partial charge in [0.2, 0.25) is 5.43 Å². The number of ether oxygens (including phenoxy) is 2. The van der Waals surface area contributed by atoms with Crippen molar-refractivity contribution >= 4 is 34.6 Å². The molecule has 0 radical (unpaired) electrons. The van der Waals surface area contributed by atoms with Crippen LogP contribution in [0.25, 0.3) is 22.1 Å². The number of carbonyl (C=O) groups excluding carboxylic acids is 2. The smallest absolute Gasteiger partial charge is 0.408 e. The van der Waals surface area contributed by atoms with E-state index in [9.17, 15) is 14.4 Å². The lowest BCUT2D eigenvalue weighted by atomic mass is 9.99. The largest absolute Gasteiger partial charge is 0.460 e. The highest BCUT2D eigenvalue weighted by Gasteiger charge is 2.30. The molecule has 35 heavy (non-hydrogen) atoms. The summed E-state index contributed by atoms with van der Waals surface area (Å²) in [6, 6.07) is 10.6. The Morgan fingerprint density at radius 2 is 1.77 bits per heavy atom. The number of fused-ring (bicyclic) bond motifs is 1. The number of nitrogens with one attached hydrogen (secondary N) is 1. The van der Waals surface area contributed by atoms with E-state index in [0.29, 0.717) is 33.7 Å². The second kappa shape index (κ2) is 10.5. The molecule has 0 aliphatic rings. The highest BCUT2D eigenvalue weighted by Crippen LogP contribution is 2.27. The highest BCUT2D eigenvalue weighted by molar-refractivity contribution is 6.30. The van der Waals surface area contributed by atoms with Crippen LogP contribution in [0.5, 0.6) is 5.75 Å². The maximum atomic E-state index is 13.2. The van der Waals surface area contributed by atoms with E-state index in [4.69, 9.17) is 25.5 Å². The Bertz CT molecular complexity index is 1290. The summed E-state index contributed by atoms with van der Waals surface area (Å²) >= 11 is 5.97. The van der Waals surface area contributed by atoms with Crippen LogP contribution in [0.3, 0.4) is 0 Å². The minimum absolute atomic E-state index is 0.197. The monoisotopic (exact) mass is 499 g/mol. The molecule has 186 valence electrons. The van der Waals surface area contributed by atoms with Gasteiger partial charge in [0.15, 0.2) is 0 Å². The predicted octanol–water partition coefficient (Wildman–Crippen LogP) is 6.27. The molecule has 3 aromatic rings. The third kappa shape index (κ3) is 6.42. The predicted molar refractivity (Wildman–Crippen MR) is 136 cm³/mol. The van der Waals surface area contributed by atoms with Crippen LogP contribution in [-0.2, 0) is 9.53 Å². The van der Waals surface area contributed by atoms with Gasteiger partial charge >= 0.3 is 12.1 Å². The SMILES string of the molecule is CC[C@H](C)[C@@H](NC(=O)OC(C)(C)C)C(=O)Oc1ccc2c(=O)c(-c3ccc(Cl)cc3)c(C)oc2c1. The maximum Gasteiger partial charge on any atom is 0.408 e. The molecule has 1 amide bonds. The summed E-state index contributed by atoms with van der Waals surface area (Å²) in [7, 11) is 0. The molecule has 0 fully saturated rings. The van der Waals surface area contributed by atoms with Gasteiger partial charge in [-0.25, -0.2) is 9.59 Å². The van der Waals surface area contributed by atoms with Crippen LogP contribution in [0.15, 0.2) is 51.7 Å². The van der Waals surface area contributed by atoms with Crippen molar-refractivity contribution in [2.75, 3.05) is 0 Å². The Morgan fingerprint density at radius 1 is 1.11 bits per heavy atom. The average molecular weight is 500 g/mol. The van der Waals surface area contributed by atoms with Gasteiger partial charge in [-0.3, -0.25) is 4.79 Å². The topological polar surface area (TPSA) is 94.8 Å². The fourth-order valence-electron chi connectivity index (χ4n) is 3.58. The molecule has 8 heteroatoms. The van der Waals surface area contributed by atoms with Crippen molar-refractivity contribution in [1.82, 2.24) is 5.32 Å². The van der Waals surface area contributed by atoms with Crippen LogP contribution in [0.1, 0.15) is 46.8 Å². The zero-order valence-corrected chi connectivity index (χ0v) is 21.5. The molecule has 1 heterocycles. The fourth-order valence-corrected chi connectivity index (χ4v) is 3.71. The lowest BCUT2D eigenvalue weighted by Gasteiger charge is -2.25. The number of benzene rings is 2. The van der Waals surface area contributed by atoms with E-state index in [1.165, 1.54) is 12.1 Å². The summed E-state index contributed by atoms with van der Waals surface area (Å²) in [5.74, 6) is -0.208. The molecule has 1 aromatic heterocycles. The number of esters is 1. The van der Waals surface area contributed by atoms with Gasteiger partial charge in [-0.1, -0.05) is 44.0 Å². The van der Waals surface area contributed by atoms with Crippen molar-refractivity contribution in [3.63, 3.8) is 0 Å². The van der Waals surface area contributed by atoms with Crippen molar-refractivity contribution in [2.24, 2.45) is 5.92 Å². The molecular formula is C27H30ClNO6. The average Bonchev–Trinajstić information content (AvgIpc) is 2.76. The van der Waals surface area contributed by atoms with Crippen LogP contribution in [0.4, 0.5) is 4.79 Å². The van der Waals surface area contributed by atoms with Crippen molar-refractivity contribution in [2.45, 2.75) is 59.6 Å². The minimum Gasteiger partial charge on any atom is -0.460 e. The van der Waals surface area contributed by atoms with Gasteiger partial charge in [0.25, 0.3) is 0 Å². The van der Waals surface area contributed by atoms with Crippen LogP contribution in [0, 0.1) is 12.8 Å². The van der Waals surface area contributed by atoms with E-state index in [2.05, 4.69) is 5.32 Å². The van der Waals surface area contributed by atoms with Crippen molar-refractivity contribution in [3.8, 4) is 16.9 Å². The van der Waals surface area contributed by atoms with Gasteiger partial charge in [0.05, 0.1) is 10.9 Å². The second-order valence-electron chi connectivity index (χ2n) is 9.46. The molecule has 0 aliphatic carbocycles. The number of alkyl carbamates (subject to hydrolysis) is 1. The molecular weight excluding hydrogens is 470 g/mol. The molecule has 0 aliphatic heterocycles. The first-order valence-electron chi connectivity index (χ1n) is 11.4. The molecule has 2 atom stereocenters. The van der Waals surface area contributed by atoms with Crippen molar-refractivity contribution in [3.05, 3.63) is 63.5 Å². The number of hydrogen-bond donors (Lipinski definition) is 1. The first kappa shape index (κ1) is 26.3. The summed E-state index contributed by atoms with van der Waals surface area (Å²) in [5.41, 5.74) is 0.524. The van der Waals surface area contributed by atoms with E-state index in [1.807, 2.05) is 13.8 Å². The van der Waals surface area contributed by atoms with Crippen molar-refractivity contribution < 1.29 is 23.5 Å². The first-order valence-corrected chi connectivity index (χ1v) is 11.8. The lowest BCUT2D eigenvalue weighted by Crippen LogP contribution is -2.48. The standard InChI is InChI=1S/C27H30ClNO6/c1-7-15(2)23(29-26(32)35-27(4,5)6)25(31)34-19-12-13-20-21(14-19)33-16(3)22(24(20)30)17-8-10-18(28)11-9-17/h8-15,23H,7H2,1-6H3,(H,29,32)/t15-,23+/m0/s1.